The van der Waals surface area contributed by atoms with Gasteiger partial charge in [-0.05, 0) is 19.4 Å². The van der Waals surface area contributed by atoms with Crippen molar-refractivity contribution in [3.8, 4) is 5.13 Å². The summed E-state index contributed by atoms with van der Waals surface area (Å²) >= 11 is 7.62. The van der Waals surface area contributed by atoms with Gasteiger partial charge in [0.25, 0.3) is 0 Å². The van der Waals surface area contributed by atoms with Crippen LogP contribution >= 0.6 is 22.9 Å². The van der Waals surface area contributed by atoms with Crippen molar-refractivity contribution in [2.45, 2.75) is 26.8 Å². The Balaban J connectivity index is 1.72. The van der Waals surface area contributed by atoms with E-state index in [0.29, 0.717) is 22.4 Å². The molecular formula is C19H21ClN4O2S. The second-order valence-electron chi connectivity index (χ2n) is 6.22. The molecule has 0 spiro atoms. The highest BCUT2D eigenvalue weighted by atomic mass is 35.5. The predicted molar refractivity (Wildman–Crippen MR) is 106 cm³/mol. The molecule has 0 saturated carbocycles. The molecule has 0 radical (unpaired) electrons. The van der Waals surface area contributed by atoms with Gasteiger partial charge in [0.2, 0.25) is 11.0 Å². The highest BCUT2D eigenvalue weighted by molar-refractivity contribution is 7.12. The van der Waals surface area contributed by atoms with Crippen molar-refractivity contribution in [1.82, 2.24) is 19.7 Å². The zero-order valence-corrected chi connectivity index (χ0v) is 16.8. The smallest absolute Gasteiger partial charge is 0.229 e. The lowest BCUT2D eigenvalue weighted by molar-refractivity contribution is -0.131. The number of rotatable bonds is 7. The van der Waals surface area contributed by atoms with Gasteiger partial charge in [-0.3, -0.25) is 4.79 Å². The van der Waals surface area contributed by atoms with Crippen LogP contribution in [0.2, 0.25) is 5.02 Å². The molecule has 142 valence electrons. The Morgan fingerprint density at radius 3 is 2.67 bits per heavy atom. The largest absolute Gasteiger partial charge is 0.395 e. The van der Waals surface area contributed by atoms with E-state index in [4.69, 9.17) is 11.6 Å². The second-order valence-corrected chi connectivity index (χ2v) is 7.43. The SMILES string of the molecule is Cc1nn(-c2nc(CC(=O)N(CCO)Cc3ccccc3)cs2)c(C)c1Cl. The third-order valence-corrected chi connectivity index (χ3v) is 5.61. The fourth-order valence-corrected chi connectivity index (χ4v) is 3.71. The lowest BCUT2D eigenvalue weighted by atomic mass is 10.2. The van der Waals surface area contributed by atoms with Crippen molar-refractivity contribution in [1.29, 1.82) is 0 Å². The summed E-state index contributed by atoms with van der Waals surface area (Å²) in [6.07, 6.45) is 0.177. The van der Waals surface area contributed by atoms with Crippen LogP contribution in [0, 0.1) is 13.8 Å². The lowest BCUT2D eigenvalue weighted by Gasteiger charge is -2.21. The molecule has 2 aromatic heterocycles. The van der Waals surface area contributed by atoms with E-state index in [0.717, 1.165) is 17.0 Å². The molecule has 27 heavy (non-hydrogen) atoms. The third kappa shape index (κ3) is 4.55. The Labute approximate surface area is 167 Å². The van der Waals surface area contributed by atoms with Gasteiger partial charge < -0.3 is 10.0 Å². The van der Waals surface area contributed by atoms with Gasteiger partial charge >= 0.3 is 0 Å². The molecule has 1 amide bonds. The van der Waals surface area contributed by atoms with Gasteiger partial charge in [-0.25, -0.2) is 9.67 Å². The van der Waals surface area contributed by atoms with Gasteiger partial charge in [0, 0.05) is 18.5 Å². The zero-order chi connectivity index (χ0) is 19.4. The van der Waals surface area contributed by atoms with Crippen molar-refractivity contribution in [3.05, 3.63) is 63.4 Å². The first-order valence-electron chi connectivity index (χ1n) is 8.58. The summed E-state index contributed by atoms with van der Waals surface area (Å²) in [5.41, 5.74) is 3.28. The second kappa shape index (κ2) is 8.65. The molecule has 0 aliphatic rings. The van der Waals surface area contributed by atoms with Crippen LogP contribution in [0.25, 0.3) is 5.13 Å². The highest BCUT2D eigenvalue weighted by Gasteiger charge is 2.18. The van der Waals surface area contributed by atoms with Gasteiger partial charge in [0.15, 0.2) is 0 Å². The minimum absolute atomic E-state index is 0.0730. The van der Waals surface area contributed by atoms with Gasteiger partial charge in [0.1, 0.15) is 0 Å². The topological polar surface area (TPSA) is 71.2 Å². The van der Waals surface area contributed by atoms with Crippen LogP contribution in [0.4, 0.5) is 0 Å². The molecule has 3 rings (SSSR count). The molecule has 6 nitrogen and oxygen atoms in total. The number of hydrogen-bond acceptors (Lipinski definition) is 5. The number of carbonyl (C=O) groups is 1. The van der Waals surface area contributed by atoms with Crippen LogP contribution in [0.3, 0.4) is 0 Å². The third-order valence-electron chi connectivity index (χ3n) is 4.20. The number of hydrogen-bond donors (Lipinski definition) is 1. The van der Waals surface area contributed by atoms with Crippen molar-refractivity contribution < 1.29 is 9.90 Å². The van der Waals surface area contributed by atoms with Crippen molar-refractivity contribution >= 4 is 28.8 Å². The van der Waals surface area contributed by atoms with E-state index in [1.54, 1.807) is 9.58 Å². The summed E-state index contributed by atoms with van der Waals surface area (Å²) in [5.74, 6) is -0.0730. The number of benzene rings is 1. The van der Waals surface area contributed by atoms with Crippen LogP contribution in [0.15, 0.2) is 35.7 Å². The molecule has 1 N–H and O–H groups in total. The molecule has 0 saturated heterocycles. The maximum Gasteiger partial charge on any atom is 0.229 e. The van der Waals surface area contributed by atoms with Crippen LogP contribution < -0.4 is 0 Å². The van der Waals surface area contributed by atoms with E-state index in [1.165, 1.54) is 11.3 Å². The maximum absolute atomic E-state index is 12.7. The Hall–Kier alpha value is -2.22. The molecular weight excluding hydrogens is 384 g/mol. The zero-order valence-electron chi connectivity index (χ0n) is 15.2. The number of carbonyl (C=O) groups excluding carboxylic acids is 1. The van der Waals surface area contributed by atoms with E-state index in [1.807, 2.05) is 49.6 Å². The highest BCUT2D eigenvalue weighted by Crippen LogP contribution is 2.24. The summed E-state index contributed by atoms with van der Waals surface area (Å²) in [7, 11) is 0. The summed E-state index contributed by atoms with van der Waals surface area (Å²) in [6.45, 7) is 4.41. The molecule has 8 heteroatoms. The molecule has 0 fully saturated rings. The van der Waals surface area contributed by atoms with E-state index in [2.05, 4.69) is 10.1 Å². The monoisotopic (exact) mass is 404 g/mol. The van der Waals surface area contributed by atoms with E-state index < -0.39 is 0 Å². The Morgan fingerprint density at radius 1 is 1.30 bits per heavy atom. The fraction of sp³-hybridized carbons (Fsp3) is 0.316. The molecule has 0 aliphatic carbocycles. The first kappa shape index (κ1) is 19.5. The Morgan fingerprint density at radius 2 is 2.04 bits per heavy atom. The minimum atomic E-state index is -0.0782. The van der Waals surface area contributed by atoms with Gasteiger partial charge in [-0.2, -0.15) is 5.10 Å². The number of aryl methyl sites for hydroxylation is 1. The summed E-state index contributed by atoms with van der Waals surface area (Å²) < 4.78 is 1.70. The van der Waals surface area contributed by atoms with Gasteiger partial charge in [-0.15, -0.1) is 11.3 Å². The number of amides is 1. The molecule has 0 unspecified atom stereocenters. The molecule has 2 heterocycles. The number of aromatic nitrogens is 3. The van der Waals surface area contributed by atoms with Gasteiger partial charge in [-0.1, -0.05) is 41.9 Å². The molecule has 0 aliphatic heterocycles. The lowest BCUT2D eigenvalue weighted by Crippen LogP contribution is -2.34. The predicted octanol–water partition coefficient (Wildman–Crippen LogP) is 3.16. The van der Waals surface area contributed by atoms with Crippen molar-refractivity contribution in [3.63, 3.8) is 0 Å². The maximum atomic E-state index is 12.7. The number of aliphatic hydroxyl groups is 1. The van der Waals surface area contributed by atoms with Crippen LogP contribution in [-0.2, 0) is 17.8 Å². The van der Waals surface area contributed by atoms with Crippen LogP contribution in [0.1, 0.15) is 22.6 Å². The molecule has 0 atom stereocenters. The molecule has 3 aromatic rings. The Bertz CT molecular complexity index is 923. The number of halogens is 1. The van der Waals surface area contributed by atoms with Crippen molar-refractivity contribution in [2.75, 3.05) is 13.2 Å². The first-order valence-corrected chi connectivity index (χ1v) is 9.84. The molecule has 1 aromatic carbocycles. The minimum Gasteiger partial charge on any atom is -0.395 e. The van der Waals surface area contributed by atoms with Crippen LogP contribution in [-0.4, -0.2) is 43.8 Å². The quantitative estimate of drug-likeness (QED) is 0.656. The average molecular weight is 405 g/mol. The summed E-state index contributed by atoms with van der Waals surface area (Å²) in [6, 6.07) is 9.73. The van der Waals surface area contributed by atoms with Gasteiger partial charge in [0.05, 0.1) is 35.1 Å². The Kier molecular flexibility index (Phi) is 6.26. The normalized spacial score (nSPS) is 11.0. The van der Waals surface area contributed by atoms with E-state index >= 15 is 0 Å². The van der Waals surface area contributed by atoms with Crippen molar-refractivity contribution in [2.24, 2.45) is 0 Å². The van der Waals surface area contributed by atoms with Crippen LogP contribution in [0.5, 0.6) is 0 Å². The average Bonchev–Trinajstić information content (AvgIpc) is 3.22. The van der Waals surface area contributed by atoms with E-state index in [9.17, 15) is 9.90 Å². The first-order chi connectivity index (χ1) is 13.0. The number of aliphatic hydroxyl groups excluding tert-OH is 1. The summed E-state index contributed by atoms with van der Waals surface area (Å²) in [5, 5.41) is 16.9. The standard InChI is InChI=1S/C19H21ClN4O2S/c1-13-18(20)14(2)24(22-13)19-21-16(12-27-19)10-17(26)23(8-9-25)11-15-6-4-3-5-7-15/h3-7,12,25H,8-11H2,1-2H3. The molecule has 0 bridgehead atoms. The van der Waals surface area contributed by atoms with E-state index in [-0.39, 0.29) is 25.5 Å². The number of thiazole rings is 1. The fourth-order valence-electron chi connectivity index (χ4n) is 2.77. The summed E-state index contributed by atoms with van der Waals surface area (Å²) in [4.78, 5) is 18.9. The number of nitrogens with zero attached hydrogens (tertiary/aromatic N) is 4.